The SMILES string of the molecule is CCCCCCCC/C=C/OC(C)O. The van der Waals surface area contributed by atoms with Gasteiger partial charge >= 0.3 is 0 Å². The minimum absolute atomic E-state index is 0.684. The Balaban J connectivity index is 3.01. The van der Waals surface area contributed by atoms with E-state index < -0.39 is 6.29 Å². The van der Waals surface area contributed by atoms with E-state index in [2.05, 4.69) is 6.92 Å². The maximum atomic E-state index is 8.78. The molecule has 0 bridgehead atoms. The second kappa shape index (κ2) is 10.6. The van der Waals surface area contributed by atoms with Gasteiger partial charge in [0, 0.05) is 0 Å². The second-order valence-corrected chi connectivity index (χ2v) is 3.66. The molecule has 0 fully saturated rings. The van der Waals surface area contributed by atoms with Gasteiger partial charge in [-0.3, -0.25) is 0 Å². The largest absolute Gasteiger partial charge is 0.473 e. The highest BCUT2D eigenvalue weighted by molar-refractivity contribution is 4.73. The van der Waals surface area contributed by atoms with E-state index in [0.717, 1.165) is 6.42 Å². The van der Waals surface area contributed by atoms with E-state index in [-0.39, 0.29) is 0 Å². The lowest BCUT2D eigenvalue weighted by Gasteiger charge is -2.01. The van der Waals surface area contributed by atoms with Crippen LogP contribution in [0.25, 0.3) is 0 Å². The van der Waals surface area contributed by atoms with Crippen LogP contribution < -0.4 is 0 Å². The molecule has 1 atom stereocenters. The van der Waals surface area contributed by atoms with Crippen molar-refractivity contribution in [2.24, 2.45) is 0 Å². The first-order valence-electron chi connectivity index (χ1n) is 5.76. The molecule has 0 rings (SSSR count). The van der Waals surface area contributed by atoms with Crippen molar-refractivity contribution in [3.63, 3.8) is 0 Å². The lowest BCUT2D eigenvalue weighted by atomic mass is 10.1. The van der Waals surface area contributed by atoms with Crippen LogP contribution >= 0.6 is 0 Å². The van der Waals surface area contributed by atoms with Crippen LogP contribution in [0.5, 0.6) is 0 Å². The fourth-order valence-electron chi connectivity index (χ4n) is 1.28. The Morgan fingerprint density at radius 3 is 2.43 bits per heavy atom. The molecule has 0 amide bonds. The zero-order chi connectivity index (χ0) is 10.6. The van der Waals surface area contributed by atoms with Crippen LogP contribution in [0.15, 0.2) is 12.3 Å². The molecule has 0 aliphatic carbocycles. The van der Waals surface area contributed by atoms with Crippen LogP contribution in [0.1, 0.15) is 58.8 Å². The Labute approximate surface area is 88.0 Å². The van der Waals surface area contributed by atoms with Crippen LogP contribution in [0.2, 0.25) is 0 Å². The third kappa shape index (κ3) is 11.5. The van der Waals surface area contributed by atoms with Crippen molar-refractivity contribution >= 4 is 0 Å². The first kappa shape index (κ1) is 13.5. The number of aliphatic hydroxyl groups is 1. The molecule has 0 heterocycles. The standard InChI is InChI=1S/C12H24O2/c1-3-4-5-6-7-8-9-10-11-14-12(2)13/h10-13H,3-9H2,1-2H3/b11-10+. The van der Waals surface area contributed by atoms with Gasteiger partial charge in [0.15, 0.2) is 6.29 Å². The summed E-state index contributed by atoms with van der Waals surface area (Å²) in [5.41, 5.74) is 0. The normalized spacial score (nSPS) is 13.4. The average Bonchev–Trinajstić information content (AvgIpc) is 2.15. The molecule has 0 saturated carbocycles. The highest BCUT2D eigenvalue weighted by Gasteiger charge is 1.89. The zero-order valence-electron chi connectivity index (χ0n) is 9.54. The van der Waals surface area contributed by atoms with Gasteiger partial charge in [-0.25, -0.2) is 0 Å². The van der Waals surface area contributed by atoms with Crippen molar-refractivity contribution in [1.29, 1.82) is 0 Å². The summed E-state index contributed by atoms with van der Waals surface area (Å²) in [5, 5.41) is 8.78. The van der Waals surface area contributed by atoms with Crippen molar-refractivity contribution in [2.75, 3.05) is 0 Å². The van der Waals surface area contributed by atoms with Gasteiger partial charge in [0.05, 0.1) is 6.26 Å². The topological polar surface area (TPSA) is 29.5 Å². The van der Waals surface area contributed by atoms with Crippen molar-refractivity contribution in [3.05, 3.63) is 12.3 Å². The number of unbranched alkanes of at least 4 members (excludes halogenated alkanes) is 6. The molecule has 1 unspecified atom stereocenters. The number of allylic oxidation sites excluding steroid dienone is 1. The lowest BCUT2D eigenvalue weighted by molar-refractivity contribution is -0.0352. The first-order chi connectivity index (χ1) is 6.77. The molecule has 0 aromatic rings. The van der Waals surface area contributed by atoms with Crippen LogP contribution in [-0.4, -0.2) is 11.4 Å². The molecule has 1 N–H and O–H groups in total. The van der Waals surface area contributed by atoms with Crippen molar-refractivity contribution in [3.8, 4) is 0 Å². The van der Waals surface area contributed by atoms with Gasteiger partial charge in [0.2, 0.25) is 0 Å². The van der Waals surface area contributed by atoms with Gasteiger partial charge in [-0.05, 0) is 25.8 Å². The smallest absolute Gasteiger partial charge is 0.193 e. The Bertz CT molecular complexity index is 130. The molecule has 0 aliphatic heterocycles. The predicted molar refractivity (Wildman–Crippen MR) is 59.9 cm³/mol. The quantitative estimate of drug-likeness (QED) is 0.350. The molecule has 0 spiro atoms. The summed E-state index contributed by atoms with van der Waals surface area (Å²) in [6.45, 7) is 3.84. The maximum absolute atomic E-state index is 8.78. The van der Waals surface area contributed by atoms with E-state index in [4.69, 9.17) is 9.84 Å². The molecule has 0 aliphatic rings. The van der Waals surface area contributed by atoms with Crippen molar-refractivity contribution in [1.82, 2.24) is 0 Å². The predicted octanol–water partition coefficient (Wildman–Crippen LogP) is 3.61. The Morgan fingerprint density at radius 1 is 1.14 bits per heavy atom. The van der Waals surface area contributed by atoms with Crippen LogP contribution in [0.4, 0.5) is 0 Å². The molecule has 0 saturated heterocycles. The summed E-state index contributed by atoms with van der Waals surface area (Å²) in [5.74, 6) is 0. The molecule has 2 nitrogen and oxygen atoms in total. The van der Waals surface area contributed by atoms with E-state index in [1.165, 1.54) is 38.5 Å². The fourth-order valence-corrected chi connectivity index (χ4v) is 1.28. The summed E-state index contributed by atoms with van der Waals surface area (Å²) in [4.78, 5) is 0. The molecular weight excluding hydrogens is 176 g/mol. The monoisotopic (exact) mass is 200 g/mol. The van der Waals surface area contributed by atoms with E-state index in [9.17, 15) is 0 Å². The molecular formula is C12H24O2. The Hall–Kier alpha value is -0.500. The van der Waals surface area contributed by atoms with Gasteiger partial charge in [0.1, 0.15) is 0 Å². The average molecular weight is 200 g/mol. The number of aliphatic hydroxyl groups excluding tert-OH is 1. The Morgan fingerprint density at radius 2 is 1.79 bits per heavy atom. The zero-order valence-corrected chi connectivity index (χ0v) is 9.54. The number of ether oxygens (including phenoxy) is 1. The highest BCUT2D eigenvalue weighted by Crippen LogP contribution is 2.07. The summed E-state index contributed by atoms with van der Waals surface area (Å²) in [7, 11) is 0. The maximum Gasteiger partial charge on any atom is 0.193 e. The van der Waals surface area contributed by atoms with Gasteiger partial charge in [-0.15, -0.1) is 0 Å². The van der Waals surface area contributed by atoms with E-state index in [1.807, 2.05) is 6.08 Å². The van der Waals surface area contributed by atoms with Crippen molar-refractivity contribution in [2.45, 2.75) is 65.1 Å². The highest BCUT2D eigenvalue weighted by atomic mass is 16.6. The number of hydrogen-bond donors (Lipinski definition) is 1. The van der Waals surface area contributed by atoms with Crippen LogP contribution in [-0.2, 0) is 4.74 Å². The molecule has 14 heavy (non-hydrogen) atoms. The molecule has 84 valence electrons. The van der Waals surface area contributed by atoms with Gasteiger partial charge < -0.3 is 9.84 Å². The molecule has 0 aromatic carbocycles. The van der Waals surface area contributed by atoms with Crippen LogP contribution in [0.3, 0.4) is 0 Å². The molecule has 2 heteroatoms. The summed E-state index contributed by atoms with van der Waals surface area (Å²) < 4.78 is 4.86. The van der Waals surface area contributed by atoms with Gasteiger partial charge in [0.25, 0.3) is 0 Å². The summed E-state index contributed by atoms with van der Waals surface area (Å²) in [6, 6.07) is 0. The van der Waals surface area contributed by atoms with Crippen LogP contribution in [0, 0.1) is 0 Å². The van der Waals surface area contributed by atoms with E-state index in [1.54, 1.807) is 13.2 Å². The van der Waals surface area contributed by atoms with Gasteiger partial charge in [-0.2, -0.15) is 0 Å². The van der Waals surface area contributed by atoms with Gasteiger partial charge in [-0.1, -0.05) is 39.0 Å². The lowest BCUT2D eigenvalue weighted by Crippen LogP contribution is -1.99. The molecule has 0 radical (unpaired) electrons. The minimum Gasteiger partial charge on any atom is -0.473 e. The molecule has 0 aromatic heterocycles. The minimum atomic E-state index is -0.684. The summed E-state index contributed by atoms with van der Waals surface area (Å²) >= 11 is 0. The van der Waals surface area contributed by atoms with E-state index >= 15 is 0 Å². The fraction of sp³-hybridized carbons (Fsp3) is 0.833. The van der Waals surface area contributed by atoms with Crippen molar-refractivity contribution < 1.29 is 9.84 Å². The Kier molecular flexibility index (Phi) is 10.2. The third-order valence-electron chi connectivity index (χ3n) is 2.10. The second-order valence-electron chi connectivity index (χ2n) is 3.66. The first-order valence-corrected chi connectivity index (χ1v) is 5.76. The third-order valence-corrected chi connectivity index (χ3v) is 2.10. The summed E-state index contributed by atoms with van der Waals surface area (Å²) in [6.07, 6.45) is 11.9. The van der Waals surface area contributed by atoms with E-state index in [0.29, 0.717) is 0 Å². The number of hydrogen-bond acceptors (Lipinski definition) is 2. The number of rotatable bonds is 9.